The highest BCUT2D eigenvalue weighted by Crippen LogP contribution is 2.68. The summed E-state index contributed by atoms with van der Waals surface area (Å²) < 4.78 is 23.9. The Morgan fingerprint density at radius 3 is 2.41 bits per heavy atom. The number of carbonyl (C=O) groups excluding carboxylic acids is 3. The van der Waals surface area contributed by atoms with Crippen LogP contribution in [0.2, 0.25) is 0 Å². The minimum atomic E-state index is -2.30. The quantitative estimate of drug-likeness (QED) is 0.180. The number of hydrogen-bond donors (Lipinski definition) is 3. The molecule has 0 amide bonds. The van der Waals surface area contributed by atoms with Gasteiger partial charge in [-0.15, -0.1) is 0 Å². The summed E-state index contributed by atoms with van der Waals surface area (Å²) >= 11 is 0. The molecule has 1 spiro atoms. The number of anilines is 1. The summed E-state index contributed by atoms with van der Waals surface area (Å²) in [4.78, 5) is 53.2. The minimum absolute atomic E-state index is 0.0986. The Hall–Kier alpha value is -4.43. The lowest BCUT2D eigenvalue weighted by Gasteiger charge is -2.63. The molecule has 13 heteroatoms. The first-order valence-corrected chi connectivity index (χ1v) is 21.2. The molecule has 5 aliphatic heterocycles. The van der Waals surface area contributed by atoms with Crippen molar-refractivity contribution < 1.29 is 43.5 Å². The third-order valence-electron chi connectivity index (χ3n) is 15.6. The van der Waals surface area contributed by atoms with Crippen molar-refractivity contribution in [2.75, 3.05) is 66.0 Å². The number of ether oxygens (including phenoxy) is 4. The van der Waals surface area contributed by atoms with E-state index in [-0.39, 0.29) is 12.0 Å². The number of methoxy groups -OCH3 is 3. The van der Waals surface area contributed by atoms with E-state index in [4.69, 9.17) is 18.9 Å². The fourth-order valence-electron chi connectivity index (χ4n) is 13.5. The number of aliphatic hydroxyl groups is 2. The number of likely N-dealkylation sites (N-methyl/N-ethyl adjacent to an activating group) is 1. The highest BCUT2D eigenvalue weighted by atomic mass is 16.6. The molecule has 1 aliphatic carbocycles. The molecule has 2 bridgehead atoms. The van der Waals surface area contributed by atoms with Crippen molar-refractivity contribution in [3.8, 4) is 5.75 Å². The number of aromatic amines is 1. The number of esters is 3. The molecule has 1 saturated carbocycles. The Bertz CT molecular complexity index is 2260. The van der Waals surface area contributed by atoms with E-state index in [0.29, 0.717) is 82.6 Å². The third-order valence-corrected chi connectivity index (χ3v) is 15.6. The summed E-state index contributed by atoms with van der Waals surface area (Å²) in [7, 11) is 6.15. The number of nitrogens with zero attached hydrogens (tertiary/aromatic N) is 3. The van der Waals surface area contributed by atoms with Crippen LogP contribution in [0.25, 0.3) is 10.9 Å². The van der Waals surface area contributed by atoms with Crippen molar-refractivity contribution >= 4 is 34.5 Å². The number of rotatable bonds is 7. The molecular formula is C46H58N4O9. The Balaban J connectivity index is 1.36. The van der Waals surface area contributed by atoms with Crippen molar-refractivity contribution in [3.05, 3.63) is 70.9 Å². The van der Waals surface area contributed by atoms with Crippen molar-refractivity contribution in [2.45, 2.75) is 99.5 Å². The van der Waals surface area contributed by atoms with E-state index in [1.165, 1.54) is 21.1 Å². The number of piperidine rings is 1. The van der Waals surface area contributed by atoms with Gasteiger partial charge in [-0.2, -0.15) is 0 Å². The van der Waals surface area contributed by atoms with Gasteiger partial charge in [0.05, 0.1) is 33.0 Å². The first-order chi connectivity index (χ1) is 28.2. The Morgan fingerprint density at radius 2 is 1.71 bits per heavy atom. The van der Waals surface area contributed by atoms with Crippen LogP contribution in [0, 0.1) is 11.3 Å². The molecule has 3 aromatic rings. The smallest absolute Gasteiger partial charge is 0.344 e. The molecule has 9 rings (SSSR count). The Labute approximate surface area is 345 Å². The van der Waals surface area contributed by atoms with E-state index in [2.05, 4.69) is 39.1 Å². The molecule has 3 fully saturated rings. The van der Waals surface area contributed by atoms with Crippen LogP contribution < -0.4 is 9.64 Å². The van der Waals surface area contributed by atoms with Gasteiger partial charge < -0.3 is 39.0 Å². The molecule has 2 saturated heterocycles. The summed E-state index contributed by atoms with van der Waals surface area (Å²) in [6.45, 7) is 8.62. The predicted octanol–water partition coefficient (Wildman–Crippen LogP) is 3.99. The summed E-state index contributed by atoms with van der Waals surface area (Å²) in [5, 5.41) is 26.3. The van der Waals surface area contributed by atoms with Gasteiger partial charge in [0.2, 0.25) is 5.60 Å². The van der Waals surface area contributed by atoms with Gasteiger partial charge in [0, 0.05) is 90.9 Å². The van der Waals surface area contributed by atoms with Crippen molar-refractivity contribution in [1.82, 2.24) is 14.8 Å². The highest BCUT2D eigenvalue weighted by Gasteiger charge is 2.80. The van der Waals surface area contributed by atoms with Crippen molar-refractivity contribution in [1.29, 1.82) is 0 Å². The van der Waals surface area contributed by atoms with E-state index in [0.717, 1.165) is 33.4 Å². The second-order valence-electron chi connectivity index (χ2n) is 18.2. The van der Waals surface area contributed by atoms with Crippen LogP contribution in [0.3, 0.4) is 0 Å². The van der Waals surface area contributed by atoms with E-state index < -0.39 is 57.5 Å². The molecule has 59 heavy (non-hydrogen) atoms. The molecule has 3 N–H and O–H groups in total. The zero-order valence-electron chi connectivity index (χ0n) is 35.3. The maximum Gasteiger partial charge on any atom is 0.344 e. The third kappa shape index (κ3) is 5.20. The lowest BCUT2D eigenvalue weighted by Crippen LogP contribution is -2.81. The molecule has 0 radical (unpaired) electrons. The topological polar surface area (TPSA) is 154 Å². The van der Waals surface area contributed by atoms with Gasteiger partial charge in [-0.1, -0.05) is 44.2 Å². The van der Waals surface area contributed by atoms with Gasteiger partial charge >= 0.3 is 17.9 Å². The maximum absolute atomic E-state index is 15.3. The van der Waals surface area contributed by atoms with Crippen LogP contribution in [-0.4, -0.2) is 133 Å². The first kappa shape index (κ1) is 40.0. The molecule has 2 aromatic carbocycles. The van der Waals surface area contributed by atoms with E-state index >= 15 is 4.79 Å². The largest absolute Gasteiger partial charge is 0.496 e. The van der Waals surface area contributed by atoms with Crippen LogP contribution in [0.1, 0.15) is 75.3 Å². The van der Waals surface area contributed by atoms with E-state index in [1.807, 2.05) is 50.1 Å². The number of fused-ring (bicyclic) bond motifs is 6. The lowest BCUT2D eigenvalue weighted by atomic mass is 9.47. The molecule has 13 nitrogen and oxygen atoms in total. The van der Waals surface area contributed by atoms with Crippen molar-refractivity contribution in [2.24, 2.45) is 11.3 Å². The fraction of sp³-hybridized carbons (Fsp3) is 0.587. The van der Waals surface area contributed by atoms with Crippen LogP contribution in [0.15, 0.2) is 48.6 Å². The van der Waals surface area contributed by atoms with Crippen LogP contribution in [-0.2, 0) is 45.8 Å². The van der Waals surface area contributed by atoms with Gasteiger partial charge in [0.15, 0.2) is 6.10 Å². The molecule has 1 unspecified atom stereocenters. The fourth-order valence-corrected chi connectivity index (χ4v) is 13.5. The zero-order chi connectivity index (χ0) is 41.9. The minimum Gasteiger partial charge on any atom is -0.496 e. The van der Waals surface area contributed by atoms with Gasteiger partial charge in [-0.05, 0) is 74.2 Å². The van der Waals surface area contributed by atoms with Crippen LogP contribution in [0.5, 0.6) is 5.75 Å². The number of nitrogens with one attached hydrogen (secondary N) is 1. The molecule has 10 atom stereocenters. The Morgan fingerprint density at radius 1 is 0.949 bits per heavy atom. The second kappa shape index (κ2) is 13.8. The summed E-state index contributed by atoms with van der Waals surface area (Å²) in [5.41, 5.74) is -1.62. The molecule has 6 aliphatic rings. The van der Waals surface area contributed by atoms with E-state index in [1.54, 1.807) is 7.11 Å². The second-order valence-corrected chi connectivity index (χ2v) is 18.2. The first-order valence-electron chi connectivity index (χ1n) is 21.2. The van der Waals surface area contributed by atoms with Gasteiger partial charge in [0.1, 0.15) is 11.2 Å². The Kier molecular flexibility index (Phi) is 9.36. The molecule has 1 aromatic heterocycles. The van der Waals surface area contributed by atoms with Crippen LogP contribution >= 0.6 is 0 Å². The van der Waals surface area contributed by atoms with E-state index in [9.17, 15) is 19.8 Å². The predicted molar refractivity (Wildman–Crippen MR) is 220 cm³/mol. The number of para-hydroxylation sites is 1. The molecule has 316 valence electrons. The van der Waals surface area contributed by atoms with Crippen molar-refractivity contribution in [3.63, 3.8) is 0 Å². The monoisotopic (exact) mass is 810 g/mol. The average Bonchev–Trinajstić information content (AvgIpc) is 3.90. The summed E-state index contributed by atoms with van der Waals surface area (Å²) in [6, 6.07) is 11.0. The summed E-state index contributed by atoms with van der Waals surface area (Å²) in [5.74, 6) is -1.56. The van der Waals surface area contributed by atoms with Gasteiger partial charge in [-0.3, -0.25) is 19.4 Å². The number of carbonyl (C=O) groups is 3. The lowest BCUT2D eigenvalue weighted by molar-refractivity contribution is -0.228. The number of H-pyrrole nitrogens is 1. The normalized spacial score (nSPS) is 37.0. The number of aromatic nitrogens is 1. The molecule has 6 heterocycles. The van der Waals surface area contributed by atoms with Crippen LogP contribution in [0.4, 0.5) is 5.69 Å². The van der Waals surface area contributed by atoms with Gasteiger partial charge in [-0.25, -0.2) is 4.79 Å². The van der Waals surface area contributed by atoms with Gasteiger partial charge in [0.25, 0.3) is 0 Å². The average molecular weight is 811 g/mol. The molecular weight excluding hydrogens is 753 g/mol. The highest BCUT2D eigenvalue weighted by molar-refractivity contribution is 5.95. The maximum atomic E-state index is 15.3. The number of hydrogen-bond acceptors (Lipinski definition) is 12. The number of benzene rings is 2. The standard InChI is InChI=1S/C46H58N4O9/c1-8-42(54)23-28-24-45(40(52)57-6,36-30(15-19-49(25-28)26-42)29-13-10-11-14-33(29)47-36)32-21-31-34(22-35(32)56-5)48(4)38-44(31)17-20-50-18-12-16-43(9-2,37(44)50)39(59-27(3)51)46(38,55)41(53)58-7/h10-14,16,21-22,28,37-39,47,54-55H,8-9,15,17-20,23-26H2,1-7H3/t28-,37-,38+,39-,42-,43+,44-,45+,46+/m1/s1. The summed E-state index contributed by atoms with van der Waals surface area (Å²) in [6.07, 6.45) is 5.94. The SMILES string of the molecule is CC[C@@]1(O)C[C@H]2CN(CCc3c([nH]c4ccccc34)[C@@](C(=O)OC)(c3cc4c(cc3OC)N(C)[C@@H]3[C@@](O)(C(=O)OC)[C@H](OC(C)=O)[C@@]5(CC)C=CCN6CC[C@]43[C@H]65)C2)C1. The zero-order valence-corrected chi connectivity index (χ0v) is 35.3.